The molecule has 4 heteroatoms. The van der Waals surface area contributed by atoms with Crippen LogP contribution in [0.4, 0.5) is 4.39 Å². The van der Waals surface area contributed by atoms with Crippen LogP contribution < -0.4 is 0 Å². The van der Waals surface area contributed by atoms with Crippen molar-refractivity contribution in [3.63, 3.8) is 0 Å². The summed E-state index contributed by atoms with van der Waals surface area (Å²) in [6.07, 6.45) is 3.10. The molecule has 1 N–H and O–H groups in total. The minimum Gasteiger partial charge on any atom is -0.358 e. The van der Waals surface area contributed by atoms with E-state index in [2.05, 4.69) is 11.9 Å². The van der Waals surface area contributed by atoms with Crippen molar-refractivity contribution < 1.29 is 9.18 Å². The molecule has 106 valence electrons. The molecule has 1 aromatic heterocycles. The Morgan fingerprint density at radius 1 is 1.50 bits per heavy atom. The normalized spacial score (nSPS) is 18.9. The Bertz CT molecular complexity index is 662. The number of hydrogen-bond acceptors (Lipinski definition) is 1. The first-order valence-corrected chi connectivity index (χ1v) is 7.20. The fraction of sp³-hybridized carbons (Fsp3) is 0.438. The van der Waals surface area contributed by atoms with Crippen LogP contribution in [-0.4, -0.2) is 28.4 Å². The number of benzene rings is 1. The Hall–Kier alpha value is -1.84. The van der Waals surface area contributed by atoms with Crippen LogP contribution in [0.25, 0.3) is 10.9 Å². The number of hydrogen-bond donors (Lipinski definition) is 1. The largest absolute Gasteiger partial charge is 0.358 e. The maximum absolute atomic E-state index is 13.5. The van der Waals surface area contributed by atoms with Gasteiger partial charge in [0.15, 0.2) is 0 Å². The molecule has 1 unspecified atom stereocenters. The Labute approximate surface area is 117 Å². The lowest BCUT2D eigenvalue weighted by molar-refractivity contribution is 0.0735. The lowest BCUT2D eigenvalue weighted by atomic mass is 10.1. The summed E-state index contributed by atoms with van der Waals surface area (Å²) in [6, 6.07) is 4.87. The summed E-state index contributed by atoms with van der Waals surface area (Å²) in [4.78, 5) is 17.9. The Morgan fingerprint density at radius 2 is 2.30 bits per heavy atom. The van der Waals surface area contributed by atoms with Gasteiger partial charge in [-0.3, -0.25) is 4.79 Å². The van der Waals surface area contributed by atoms with Crippen molar-refractivity contribution in [2.75, 3.05) is 6.54 Å². The number of amides is 1. The van der Waals surface area contributed by atoms with Gasteiger partial charge in [-0.05, 0) is 44.4 Å². The van der Waals surface area contributed by atoms with E-state index in [1.807, 2.05) is 11.8 Å². The zero-order chi connectivity index (χ0) is 14.3. The minimum absolute atomic E-state index is 0.0312. The Morgan fingerprint density at radius 3 is 3.05 bits per heavy atom. The highest BCUT2D eigenvalue weighted by molar-refractivity contribution is 6.08. The fourth-order valence-corrected chi connectivity index (χ4v) is 3.25. The monoisotopic (exact) mass is 274 g/mol. The van der Waals surface area contributed by atoms with Gasteiger partial charge in [-0.15, -0.1) is 0 Å². The number of carbonyl (C=O) groups is 1. The van der Waals surface area contributed by atoms with Gasteiger partial charge in [-0.1, -0.05) is 6.92 Å². The Balaban J connectivity index is 2.07. The van der Waals surface area contributed by atoms with E-state index in [9.17, 15) is 9.18 Å². The predicted octanol–water partition coefficient (Wildman–Crippen LogP) is 3.63. The first-order valence-electron chi connectivity index (χ1n) is 7.20. The number of H-pyrrole nitrogens is 1. The van der Waals surface area contributed by atoms with Crippen molar-refractivity contribution in [1.29, 1.82) is 0 Å². The van der Waals surface area contributed by atoms with Gasteiger partial charge in [-0.2, -0.15) is 0 Å². The van der Waals surface area contributed by atoms with Crippen molar-refractivity contribution in [2.24, 2.45) is 0 Å². The summed E-state index contributed by atoms with van der Waals surface area (Å²) in [7, 11) is 0. The van der Waals surface area contributed by atoms with E-state index in [0.717, 1.165) is 37.0 Å². The first-order chi connectivity index (χ1) is 9.61. The molecular formula is C16H19FN2O. The zero-order valence-corrected chi connectivity index (χ0v) is 11.9. The van der Waals surface area contributed by atoms with Gasteiger partial charge in [0.1, 0.15) is 5.82 Å². The lowest BCUT2D eigenvalue weighted by Gasteiger charge is -2.23. The third kappa shape index (κ3) is 1.99. The molecule has 3 nitrogen and oxygen atoms in total. The van der Waals surface area contributed by atoms with Crippen LogP contribution in [0.5, 0.6) is 0 Å². The second-order valence-electron chi connectivity index (χ2n) is 5.52. The summed E-state index contributed by atoms with van der Waals surface area (Å²) in [5, 5.41) is 0.689. The maximum atomic E-state index is 13.5. The smallest absolute Gasteiger partial charge is 0.256 e. The highest BCUT2D eigenvalue weighted by Crippen LogP contribution is 2.28. The maximum Gasteiger partial charge on any atom is 0.256 e. The first kappa shape index (κ1) is 13.2. The van der Waals surface area contributed by atoms with Gasteiger partial charge >= 0.3 is 0 Å². The fourth-order valence-electron chi connectivity index (χ4n) is 3.25. The quantitative estimate of drug-likeness (QED) is 0.892. The van der Waals surface area contributed by atoms with Crippen molar-refractivity contribution >= 4 is 16.8 Å². The van der Waals surface area contributed by atoms with Crippen LogP contribution >= 0.6 is 0 Å². The molecule has 1 saturated heterocycles. The summed E-state index contributed by atoms with van der Waals surface area (Å²) in [5.41, 5.74) is 2.26. The topological polar surface area (TPSA) is 36.1 Å². The van der Waals surface area contributed by atoms with E-state index in [1.54, 1.807) is 6.07 Å². The van der Waals surface area contributed by atoms with Crippen LogP contribution in [0.3, 0.4) is 0 Å². The van der Waals surface area contributed by atoms with E-state index < -0.39 is 0 Å². The molecule has 1 aliphatic rings. The van der Waals surface area contributed by atoms with Crippen LogP contribution in [-0.2, 0) is 0 Å². The molecule has 2 heterocycles. The molecular weight excluding hydrogens is 255 g/mol. The molecule has 1 aromatic carbocycles. The SMILES string of the molecule is CCC1CCCN1C(=O)c1c(C)[nH]c2ccc(F)cc12. The third-order valence-corrected chi connectivity index (χ3v) is 4.27. The molecule has 3 rings (SSSR count). The van der Waals surface area contributed by atoms with Gasteiger partial charge < -0.3 is 9.88 Å². The van der Waals surface area contributed by atoms with Gasteiger partial charge in [0.05, 0.1) is 5.56 Å². The van der Waals surface area contributed by atoms with Crippen molar-refractivity contribution in [3.05, 3.63) is 35.3 Å². The molecule has 20 heavy (non-hydrogen) atoms. The molecule has 0 aliphatic carbocycles. The standard InChI is InChI=1S/C16H19FN2O/c1-3-12-5-4-8-19(12)16(20)15-10(2)18-14-7-6-11(17)9-13(14)15/h6-7,9,12,18H,3-5,8H2,1-2H3. The molecule has 0 spiro atoms. The van der Waals surface area contributed by atoms with Gasteiger partial charge in [0, 0.05) is 29.2 Å². The van der Waals surface area contributed by atoms with Crippen molar-refractivity contribution in [1.82, 2.24) is 9.88 Å². The van der Waals surface area contributed by atoms with Crippen molar-refractivity contribution in [2.45, 2.75) is 39.2 Å². The summed E-state index contributed by atoms with van der Waals surface area (Å²) in [5.74, 6) is -0.275. The Kier molecular flexibility index (Phi) is 3.24. The second kappa shape index (κ2) is 4.93. The number of nitrogens with zero attached hydrogens (tertiary/aromatic N) is 1. The number of carbonyl (C=O) groups excluding carboxylic acids is 1. The third-order valence-electron chi connectivity index (χ3n) is 4.27. The van der Waals surface area contributed by atoms with Crippen molar-refractivity contribution in [3.8, 4) is 0 Å². The minimum atomic E-state index is -0.306. The number of aromatic nitrogens is 1. The lowest BCUT2D eigenvalue weighted by Crippen LogP contribution is -2.35. The zero-order valence-electron chi connectivity index (χ0n) is 11.9. The molecule has 0 radical (unpaired) electrons. The molecule has 1 aliphatic heterocycles. The average molecular weight is 274 g/mol. The number of likely N-dealkylation sites (tertiary alicyclic amines) is 1. The van der Waals surface area contributed by atoms with Crippen LogP contribution in [0.15, 0.2) is 18.2 Å². The molecule has 2 aromatic rings. The summed E-state index contributed by atoms with van der Waals surface area (Å²) < 4.78 is 13.5. The number of fused-ring (bicyclic) bond motifs is 1. The van der Waals surface area contributed by atoms with Gasteiger partial charge in [0.2, 0.25) is 0 Å². The molecule has 1 atom stereocenters. The van der Waals surface area contributed by atoms with E-state index in [0.29, 0.717) is 17.0 Å². The van der Waals surface area contributed by atoms with E-state index in [-0.39, 0.29) is 11.7 Å². The molecule has 1 amide bonds. The van der Waals surface area contributed by atoms with Crippen LogP contribution in [0.1, 0.15) is 42.2 Å². The van der Waals surface area contributed by atoms with E-state index in [4.69, 9.17) is 0 Å². The summed E-state index contributed by atoms with van der Waals surface area (Å²) in [6.45, 7) is 4.79. The number of aryl methyl sites for hydroxylation is 1. The number of rotatable bonds is 2. The molecule has 0 saturated carbocycles. The summed E-state index contributed by atoms with van der Waals surface area (Å²) >= 11 is 0. The van der Waals surface area contributed by atoms with Gasteiger partial charge in [-0.25, -0.2) is 4.39 Å². The molecule has 0 bridgehead atoms. The van der Waals surface area contributed by atoms with Gasteiger partial charge in [0.25, 0.3) is 5.91 Å². The highest BCUT2D eigenvalue weighted by atomic mass is 19.1. The molecule has 1 fully saturated rings. The van der Waals surface area contributed by atoms with Crippen LogP contribution in [0, 0.1) is 12.7 Å². The van der Waals surface area contributed by atoms with E-state index >= 15 is 0 Å². The highest BCUT2D eigenvalue weighted by Gasteiger charge is 2.30. The van der Waals surface area contributed by atoms with Crippen LogP contribution in [0.2, 0.25) is 0 Å². The predicted molar refractivity (Wildman–Crippen MR) is 77.3 cm³/mol. The number of nitrogens with one attached hydrogen (secondary N) is 1. The second-order valence-corrected chi connectivity index (χ2v) is 5.52. The van der Waals surface area contributed by atoms with E-state index in [1.165, 1.54) is 12.1 Å². The average Bonchev–Trinajstić information content (AvgIpc) is 3.01. The number of halogens is 1. The number of aromatic amines is 1.